The Labute approximate surface area is 395 Å². The Hall–Kier alpha value is -9.46. The molecule has 4 aromatic heterocycles. The first-order valence-electron chi connectivity index (χ1n) is 23.1. The average molecular weight is 883 g/mol. The molecule has 7 heteroatoms. The molecule has 14 rings (SSSR count). The van der Waals surface area contributed by atoms with Crippen molar-refractivity contribution in [3.05, 3.63) is 231 Å². The van der Waals surface area contributed by atoms with Crippen LogP contribution in [-0.2, 0) is 0 Å². The number of hydrogen-bond donors (Lipinski definition) is 0. The summed E-state index contributed by atoms with van der Waals surface area (Å²) in [5.74, 6) is 2.02. The number of hydrogen-bond acceptors (Lipinski definition) is 5. The lowest BCUT2D eigenvalue weighted by atomic mass is 9.91. The summed E-state index contributed by atoms with van der Waals surface area (Å²) in [6, 6.07) is 80.5. The quantitative estimate of drug-likeness (QED) is 0.159. The van der Waals surface area contributed by atoms with Crippen LogP contribution in [0.5, 0.6) is 0 Å². The zero-order chi connectivity index (χ0) is 45.4. The van der Waals surface area contributed by atoms with Crippen LogP contribution in [-0.4, -0.2) is 29.1 Å². The predicted octanol–water partition coefficient (Wildman–Crippen LogP) is 15.7. The first kappa shape index (κ1) is 38.8. The fourth-order valence-electron chi connectivity index (χ4n) is 10.4. The second-order valence-electron chi connectivity index (χ2n) is 17.4. The van der Waals surface area contributed by atoms with Gasteiger partial charge < -0.3 is 8.98 Å². The largest absolute Gasteiger partial charge is 0.435 e. The fraction of sp³-hybridized carbons (Fsp3) is 0. The molecule has 0 fully saturated rings. The van der Waals surface area contributed by atoms with Crippen LogP contribution in [0.4, 0.5) is 0 Å². The van der Waals surface area contributed by atoms with Crippen molar-refractivity contribution in [2.24, 2.45) is 0 Å². The molecule has 14 aromatic rings. The van der Waals surface area contributed by atoms with Crippen LogP contribution in [0.25, 0.3) is 134 Å². The zero-order valence-electron chi connectivity index (χ0n) is 37.0. The Bertz CT molecular complexity index is 4300. The van der Waals surface area contributed by atoms with Crippen molar-refractivity contribution in [2.75, 3.05) is 0 Å². The highest BCUT2D eigenvalue weighted by Gasteiger charge is 2.25. The third kappa shape index (κ3) is 6.21. The molecular weight excluding hydrogens is 845 g/mol. The molecular formula is C62H38N6O. The lowest BCUT2D eigenvalue weighted by Crippen LogP contribution is -2.07. The van der Waals surface area contributed by atoms with Gasteiger partial charge in [0.25, 0.3) is 0 Å². The van der Waals surface area contributed by atoms with Crippen molar-refractivity contribution in [3.63, 3.8) is 0 Å². The third-order valence-corrected chi connectivity index (χ3v) is 13.4. The first-order chi connectivity index (χ1) is 34.2. The normalized spacial score (nSPS) is 11.8. The highest BCUT2D eigenvalue weighted by molar-refractivity contribution is 6.23. The minimum Gasteiger partial charge on any atom is -0.435 e. The number of oxazole rings is 1. The third-order valence-electron chi connectivity index (χ3n) is 13.4. The van der Waals surface area contributed by atoms with E-state index in [2.05, 4.69) is 191 Å². The molecule has 0 spiro atoms. The Balaban J connectivity index is 1.06. The van der Waals surface area contributed by atoms with Crippen LogP contribution < -0.4 is 0 Å². The molecule has 0 aliphatic rings. The van der Waals surface area contributed by atoms with Gasteiger partial charge in [0.15, 0.2) is 17.2 Å². The van der Waals surface area contributed by atoms with Crippen LogP contribution in [0, 0.1) is 0 Å². The van der Waals surface area contributed by atoms with E-state index in [0.717, 1.165) is 66.2 Å². The number of para-hydroxylation sites is 4. The standard InChI is InChI=1S/C62H38N6O/c1-4-18-39(19-5-1)45-30-15-22-40-23-16-31-46(55(40)45)42-24-14-25-43(38-42)59-64-60(51-32-17-33-52-58(51)69-61(63-52)41-20-6-2-7-21-41)66-62(65-59)68-54-35-13-11-29-48(54)50-37-36-49-47-28-10-12-34-53(47)67(56(49)57(50)68)44-26-8-3-9-27-44/h1-38H. The smallest absolute Gasteiger partial charge is 0.238 e. The predicted molar refractivity (Wildman–Crippen MR) is 281 cm³/mol. The second kappa shape index (κ2) is 15.6. The average Bonchev–Trinajstić information content (AvgIpc) is 4.12. The van der Waals surface area contributed by atoms with Crippen molar-refractivity contribution in [2.45, 2.75) is 0 Å². The van der Waals surface area contributed by atoms with Gasteiger partial charge in [-0.2, -0.15) is 9.97 Å². The topological polar surface area (TPSA) is 74.6 Å². The highest BCUT2D eigenvalue weighted by Crippen LogP contribution is 2.43. The van der Waals surface area contributed by atoms with Gasteiger partial charge in [-0.25, -0.2) is 9.97 Å². The van der Waals surface area contributed by atoms with E-state index in [1.165, 1.54) is 27.3 Å². The molecule has 7 nitrogen and oxygen atoms in total. The van der Waals surface area contributed by atoms with Gasteiger partial charge in [0.1, 0.15) is 5.52 Å². The zero-order valence-corrected chi connectivity index (χ0v) is 37.0. The van der Waals surface area contributed by atoms with Crippen molar-refractivity contribution in [1.29, 1.82) is 0 Å². The first-order valence-corrected chi connectivity index (χ1v) is 23.1. The summed E-state index contributed by atoms with van der Waals surface area (Å²) in [5, 5.41) is 6.86. The molecule has 0 aliphatic carbocycles. The van der Waals surface area contributed by atoms with E-state index in [9.17, 15) is 0 Å². The molecule has 10 aromatic carbocycles. The van der Waals surface area contributed by atoms with E-state index in [0.29, 0.717) is 40.2 Å². The maximum absolute atomic E-state index is 6.66. The number of rotatable bonds is 7. The van der Waals surface area contributed by atoms with E-state index in [-0.39, 0.29) is 0 Å². The monoisotopic (exact) mass is 882 g/mol. The van der Waals surface area contributed by atoms with Crippen LogP contribution >= 0.6 is 0 Å². The van der Waals surface area contributed by atoms with E-state index in [1.807, 2.05) is 48.5 Å². The summed E-state index contributed by atoms with van der Waals surface area (Å²) in [5.41, 5.74) is 13.5. The van der Waals surface area contributed by atoms with Crippen LogP contribution in [0.2, 0.25) is 0 Å². The molecule has 4 heterocycles. The molecule has 69 heavy (non-hydrogen) atoms. The fourth-order valence-corrected chi connectivity index (χ4v) is 10.4. The van der Waals surface area contributed by atoms with Gasteiger partial charge in [-0.3, -0.25) is 4.57 Å². The van der Waals surface area contributed by atoms with Crippen LogP contribution in [0.3, 0.4) is 0 Å². The molecule has 0 atom stereocenters. The van der Waals surface area contributed by atoms with Crippen molar-refractivity contribution in [1.82, 2.24) is 29.1 Å². The number of fused-ring (bicyclic) bond motifs is 9. The van der Waals surface area contributed by atoms with Gasteiger partial charge in [-0.05, 0) is 87.6 Å². The molecule has 0 radical (unpaired) electrons. The van der Waals surface area contributed by atoms with Crippen LogP contribution in [0.1, 0.15) is 0 Å². The number of aromatic nitrogens is 6. The number of benzene rings is 10. The lowest BCUT2D eigenvalue weighted by molar-refractivity contribution is 0.620. The summed E-state index contributed by atoms with van der Waals surface area (Å²) >= 11 is 0. The molecule has 0 saturated carbocycles. The van der Waals surface area contributed by atoms with E-state index < -0.39 is 0 Å². The van der Waals surface area contributed by atoms with E-state index in [4.69, 9.17) is 24.4 Å². The summed E-state index contributed by atoms with van der Waals surface area (Å²) < 4.78 is 11.3. The highest BCUT2D eigenvalue weighted by atomic mass is 16.3. The molecule has 0 aliphatic heterocycles. The van der Waals surface area contributed by atoms with Gasteiger partial charge in [-0.1, -0.05) is 176 Å². The molecule has 0 unspecified atom stereocenters. The molecule has 322 valence electrons. The van der Waals surface area contributed by atoms with Crippen LogP contribution in [0.15, 0.2) is 235 Å². The van der Waals surface area contributed by atoms with Gasteiger partial charge >= 0.3 is 0 Å². The summed E-state index contributed by atoms with van der Waals surface area (Å²) in [6.07, 6.45) is 0. The van der Waals surface area contributed by atoms with E-state index in [1.54, 1.807) is 0 Å². The molecule has 0 bridgehead atoms. The summed E-state index contributed by atoms with van der Waals surface area (Å²) in [7, 11) is 0. The van der Waals surface area contributed by atoms with Gasteiger partial charge in [-0.15, -0.1) is 0 Å². The van der Waals surface area contributed by atoms with Crippen molar-refractivity contribution in [3.8, 4) is 68.1 Å². The lowest BCUT2D eigenvalue weighted by Gasteiger charge is -2.15. The Kier molecular flexibility index (Phi) is 8.75. The molecule has 0 amide bonds. The molecule has 0 N–H and O–H groups in total. The summed E-state index contributed by atoms with van der Waals surface area (Å²) in [6.45, 7) is 0. The number of nitrogens with zero attached hydrogens (tertiary/aromatic N) is 6. The SMILES string of the molecule is c1ccc(-c2nc3cccc(-c4nc(-c5cccc(-c6cccc7cccc(-c8ccccc8)c67)c5)nc(-n5c6ccccc6c6ccc7c8ccccc8n(-c8ccccc8)c7c65)n4)c3o2)cc1. The Morgan fingerprint density at radius 2 is 0.884 bits per heavy atom. The van der Waals surface area contributed by atoms with Gasteiger partial charge in [0, 0.05) is 38.4 Å². The maximum atomic E-state index is 6.66. The van der Waals surface area contributed by atoms with E-state index >= 15 is 0 Å². The Morgan fingerprint density at radius 1 is 0.348 bits per heavy atom. The second-order valence-corrected chi connectivity index (χ2v) is 17.4. The maximum Gasteiger partial charge on any atom is 0.238 e. The molecule has 0 saturated heterocycles. The van der Waals surface area contributed by atoms with Gasteiger partial charge in [0.2, 0.25) is 11.8 Å². The van der Waals surface area contributed by atoms with Gasteiger partial charge in [0.05, 0.1) is 27.6 Å². The minimum absolute atomic E-state index is 0.472. The minimum atomic E-state index is 0.472. The van der Waals surface area contributed by atoms with Crippen molar-refractivity contribution >= 4 is 65.5 Å². The Morgan fingerprint density at radius 3 is 1.61 bits per heavy atom. The van der Waals surface area contributed by atoms with Crippen molar-refractivity contribution < 1.29 is 4.42 Å². The summed E-state index contributed by atoms with van der Waals surface area (Å²) in [4.78, 5) is 21.3.